The van der Waals surface area contributed by atoms with Crippen molar-refractivity contribution in [2.45, 2.75) is 53.2 Å². The molecule has 0 aliphatic heterocycles. The summed E-state index contributed by atoms with van der Waals surface area (Å²) in [5.74, 6) is 0.932. The molecule has 0 aliphatic rings. The summed E-state index contributed by atoms with van der Waals surface area (Å²) in [6, 6.07) is 8.69. The molecular formula is C17H27NO. The van der Waals surface area contributed by atoms with Crippen molar-refractivity contribution in [1.82, 2.24) is 5.32 Å². The molecule has 2 heteroatoms. The third kappa shape index (κ3) is 5.93. The lowest BCUT2D eigenvalue weighted by Gasteiger charge is -2.14. The molecule has 0 fully saturated rings. The van der Waals surface area contributed by atoms with Gasteiger partial charge in [0.2, 0.25) is 0 Å². The minimum atomic E-state index is 0.224. The molecule has 1 aromatic carbocycles. The highest BCUT2D eigenvalue weighted by molar-refractivity contribution is 5.54. The highest BCUT2D eigenvalue weighted by Gasteiger charge is 2.03. The van der Waals surface area contributed by atoms with Crippen LogP contribution in [-0.4, -0.2) is 18.7 Å². The van der Waals surface area contributed by atoms with Gasteiger partial charge in [0.25, 0.3) is 0 Å². The second kappa shape index (κ2) is 8.00. The highest BCUT2D eigenvalue weighted by atomic mass is 16.5. The van der Waals surface area contributed by atoms with Gasteiger partial charge in [-0.15, -0.1) is 0 Å². The van der Waals surface area contributed by atoms with Crippen LogP contribution in [0.3, 0.4) is 0 Å². The van der Waals surface area contributed by atoms with E-state index in [-0.39, 0.29) is 6.10 Å². The van der Waals surface area contributed by atoms with E-state index in [0.29, 0.717) is 6.04 Å². The average Bonchev–Trinajstić information content (AvgIpc) is 2.37. The molecule has 0 bridgehead atoms. The molecule has 1 atom stereocenters. The van der Waals surface area contributed by atoms with Crippen molar-refractivity contribution < 1.29 is 4.74 Å². The quantitative estimate of drug-likeness (QED) is 0.791. The normalized spacial score (nSPS) is 13.7. The Morgan fingerprint density at radius 1 is 1.21 bits per heavy atom. The molecule has 19 heavy (non-hydrogen) atoms. The number of rotatable bonds is 7. The Balaban J connectivity index is 2.65. The molecule has 1 unspecified atom stereocenters. The van der Waals surface area contributed by atoms with Gasteiger partial charge in [-0.3, -0.25) is 0 Å². The van der Waals surface area contributed by atoms with Gasteiger partial charge in [0, 0.05) is 6.04 Å². The van der Waals surface area contributed by atoms with Crippen LogP contribution in [-0.2, 0) is 0 Å². The van der Waals surface area contributed by atoms with Gasteiger partial charge in [0.1, 0.15) is 5.75 Å². The van der Waals surface area contributed by atoms with E-state index in [0.717, 1.165) is 12.3 Å². The minimum Gasteiger partial charge on any atom is -0.491 e. The Morgan fingerprint density at radius 3 is 2.37 bits per heavy atom. The molecule has 1 aromatic rings. The number of nitrogens with one attached hydrogen (secondary N) is 1. The summed E-state index contributed by atoms with van der Waals surface area (Å²) in [6.07, 6.45) is 3.62. The van der Waals surface area contributed by atoms with E-state index in [1.54, 1.807) is 0 Å². The van der Waals surface area contributed by atoms with Gasteiger partial charge in [-0.2, -0.15) is 0 Å². The topological polar surface area (TPSA) is 21.3 Å². The molecule has 0 saturated carbocycles. The molecular weight excluding hydrogens is 234 g/mol. The summed E-state index contributed by atoms with van der Waals surface area (Å²) in [4.78, 5) is 0. The number of ether oxygens (including phenoxy) is 1. The maximum absolute atomic E-state index is 5.64. The van der Waals surface area contributed by atoms with Crippen molar-refractivity contribution in [2.75, 3.05) is 6.54 Å². The van der Waals surface area contributed by atoms with Crippen LogP contribution >= 0.6 is 0 Å². The van der Waals surface area contributed by atoms with Crippen molar-refractivity contribution in [2.24, 2.45) is 0 Å². The van der Waals surface area contributed by atoms with Gasteiger partial charge < -0.3 is 10.1 Å². The van der Waals surface area contributed by atoms with Crippen molar-refractivity contribution >= 4 is 6.08 Å². The number of hydrogen-bond donors (Lipinski definition) is 1. The van der Waals surface area contributed by atoms with Gasteiger partial charge in [-0.1, -0.05) is 30.7 Å². The fraction of sp³-hybridized carbons (Fsp3) is 0.529. The van der Waals surface area contributed by atoms with Crippen LogP contribution in [0.1, 0.15) is 46.6 Å². The van der Waals surface area contributed by atoms with Crippen LogP contribution in [0.15, 0.2) is 29.8 Å². The van der Waals surface area contributed by atoms with Crippen LogP contribution < -0.4 is 10.1 Å². The molecule has 106 valence electrons. The second-order valence-corrected chi connectivity index (χ2v) is 5.30. The number of benzene rings is 1. The maximum atomic E-state index is 5.64. The average molecular weight is 261 g/mol. The third-order valence-corrected chi connectivity index (χ3v) is 3.03. The van der Waals surface area contributed by atoms with E-state index in [1.807, 2.05) is 26.0 Å². The van der Waals surface area contributed by atoms with Crippen LogP contribution in [0, 0.1) is 0 Å². The van der Waals surface area contributed by atoms with Crippen molar-refractivity contribution in [1.29, 1.82) is 0 Å². The van der Waals surface area contributed by atoms with E-state index in [4.69, 9.17) is 4.74 Å². The predicted octanol–water partition coefficient (Wildman–Crippen LogP) is 4.27. The summed E-state index contributed by atoms with van der Waals surface area (Å²) in [6.45, 7) is 11.7. The first-order valence-electron chi connectivity index (χ1n) is 7.21. The third-order valence-electron chi connectivity index (χ3n) is 3.03. The van der Waals surface area contributed by atoms with Crippen molar-refractivity contribution in [3.63, 3.8) is 0 Å². The molecule has 0 heterocycles. The van der Waals surface area contributed by atoms with Crippen LogP contribution in [0.4, 0.5) is 0 Å². The molecule has 0 aromatic heterocycles. The maximum Gasteiger partial charge on any atom is 0.119 e. The Kier molecular flexibility index (Phi) is 6.65. The molecule has 1 rings (SSSR count). The first-order chi connectivity index (χ1) is 9.02. The molecule has 0 spiro atoms. The van der Waals surface area contributed by atoms with E-state index < -0.39 is 0 Å². The molecule has 0 radical (unpaired) electrons. The van der Waals surface area contributed by atoms with E-state index >= 15 is 0 Å². The molecule has 0 aliphatic carbocycles. The summed E-state index contributed by atoms with van der Waals surface area (Å²) in [5, 5.41) is 3.50. The van der Waals surface area contributed by atoms with Crippen molar-refractivity contribution in [3.8, 4) is 5.75 Å². The number of hydrogen-bond acceptors (Lipinski definition) is 2. The molecule has 2 nitrogen and oxygen atoms in total. The lowest BCUT2D eigenvalue weighted by Crippen LogP contribution is -2.27. The fourth-order valence-electron chi connectivity index (χ4n) is 1.82. The lowest BCUT2D eigenvalue weighted by molar-refractivity contribution is 0.242. The molecule has 0 amide bonds. The van der Waals surface area contributed by atoms with Crippen LogP contribution in [0.25, 0.3) is 6.08 Å². The largest absolute Gasteiger partial charge is 0.491 e. The summed E-state index contributed by atoms with van der Waals surface area (Å²) in [5.41, 5.74) is 2.57. The molecule has 0 saturated heterocycles. The summed E-state index contributed by atoms with van der Waals surface area (Å²) in [7, 11) is 0. The Morgan fingerprint density at radius 2 is 1.84 bits per heavy atom. The van der Waals surface area contributed by atoms with Gasteiger partial charge in [-0.05, 0) is 58.4 Å². The lowest BCUT2D eigenvalue weighted by atomic mass is 10.1. The van der Waals surface area contributed by atoms with Gasteiger partial charge in [0.05, 0.1) is 6.10 Å². The van der Waals surface area contributed by atoms with Crippen LogP contribution in [0.2, 0.25) is 0 Å². The fourth-order valence-corrected chi connectivity index (χ4v) is 1.82. The zero-order chi connectivity index (χ0) is 14.3. The standard InChI is InChI=1S/C17H27NO/c1-6-11-18-15(5)14(4)12-16-7-9-17(10-8-16)19-13(2)3/h7-10,12-13,15,18H,6,11H2,1-5H3/b14-12+. The minimum absolute atomic E-state index is 0.224. The van der Waals surface area contributed by atoms with E-state index in [9.17, 15) is 0 Å². The van der Waals surface area contributed by atoms with Gasteiger partial charge in [0.15, 0.2) is 0 Å². The van der Waals surface area contributed by atoms with Crippen molar-refractivity contribution in [3.05, 3.63) is 35.4 Å². The first kappa shape index (κ1) is 15.8. The Labute approximate surface area is 117 Å². The highest BCUT2D eigenvalue weighted by Crippen LogP contribution is 2.16. The predicted molar refractivity (Wildman–Crippen MR) is 83.6 cm³/mol. The zero-order valence-corrected chi connectivity index (χ0v) is 12.9. The van der Waals surface area contributed by atoms with E-state index in [2.05, 4.69) is 44.3 Å². The smallest absolute Gasteiger partial charge is 0.119 e. The molecule has 1 N–H and O–H groups in total. The Hall–Kier alpha value is -1.28. The summed E-state index contributed by atoms with van der Waals surface area (Å²) >= 11 is 0. The zero-order valence-electron chi connectivity index (χ0n) is 12.9. The van der Waals surface area contributed by atoms with Crippen LogP contribution in [0.5, 0.6) is 5.75 Å². The second-order valence-electron chi connectivity index (χ2n) is 5.30. The van der Waals surface area contributed by atoms with Gasteiger partial charge >= 0.3 is 0 Å². The Bertz CT molecular complexity index is 392. The first-order valence-corrected chi connectivity index (χ1v) is 7.21. The summed E-state index contributed by atoms with van der Waals surface area (Å²) < 4.78 is 5.64. The SMILES string of the molecule is CCCNC(C)/C(C)=C/c1ccc(OC(C)C)cc1. The van der Waals surface area contributed by atoms with E-state index in [1.165, 1.54) is 17.6 Å². The van der Waals surface area contributed by atoms with Gasteiger partial charge in [-0.25, -0.2) is 0 Å². The monoisotopic (exact) mass is 261 g/mol.